The zero-order valence-corrected chi connectivity index (χ0v) is 11.3. The molecule has 1 aromatic carbocycles. The van der Waals surface area contributed by atoms with Crippen LogP contribution in [0.2, 0.25) is 0 Å². The van der Waals surface area contributed by atoms with E-state index < -0.39 is 0 Å². The molecule has 1 heterocycles. The highest BCUT2D eigenvalue weighted by Crippen LogP contribution is 2.29. The smallest absolute Gasteiger partial charge is 0.124 e. The number of likely N-dealkylation sites (N-methyl/N-ethyl adjacent to an activating group) is 1. The zero-order valence-electron chi connectivity index (χ0n) is 11.3. The highest BCUT2D eigenvalue weighted by atomic mass is 16.5. The van der Waals surface area contributed by atoms with Gasteiger partial charge in [-0.3, -0.25) is 9.89 Å². The minimum Gasteiger partial charge on any atom is -0.494 e. The number of nitrogens with one attached hydrogen (secondary N) is 1. The van der Waals surface area contributed by atoms with Gasteiger partial charge in [0.05, 0.1) is 19.2 Å². The number of para-hydroxylation sites is 1. The van der Waals surface area contributed by atoms with Crippen LogP contribution in [0.15, 0.2) is 29.3 Å². The Bertz CT molecular complexity index is 429. The molecule has 0 radical (unpaired) electrons. The number of ether oxygens (including phenoxy) is 1. The van der Waals surface area contributed by atoms with E-state index >= 15 is 0 Å². The number of amidine groups is 1. The lowest BCUT2D eigenvalue weighted by atomic mass is 10.0. The largest absolute Gasteiger partial charge is 0.494 e. The van der Waals surface area contributed by atoms with Crippen molar-refractivity contribution in [1.29, 1.82) is 0 Å². The molecule has 4 nitrogen and oxygen atoms in total. The van der Waals surface area contributed by atoms with Crippen molar-refractivity contribution in [1.82, 2.24) is 10.2 Å². The van der Waals surface area contributed by atoms with Crippen LogP contribution in [0, 0.1) is 0 Å². The van der Waals surface area contributed by atoms with Crippen LogP contribution in [0.25, 0.3) is 0 Å². The molecule has 0 saturated heterocycles. The molecule has 0 aromatic heterocycles. The monoisotopic (exact) mass is 247 g/mol. The van der Waals surface area contributed by atoms with Crippen molar-refractivity contribution < 1.29 is 4.74 Å². The maximum absolute atomic E-state index is 5.72. The molecule has 0 amide bonds. The summed E-state index contributed by atoms with van der Waals surface area (Å²) >= 11 is 0. The minimum atomic E-state index is 0.134. The van der Waals surface area contributed by atoms with Crippen LogP contribution in [0.5, 0.6) is 5.75 Å². The Balaban J connectivity index is 2.36. The molecule has 1 aromatic rings. The summed E-state index contributed by atoms with van der Waals surface area (Å²) in [5.74, 6) is 1.97. The van der Waals surface area contributed by atoms with Crippen LogP contribution in [0.3, 0.4) is 0 Å². The summed E-state index contributed by atoms with van der Waals surface area (Å²) in [6.07, 6.45) is 0. The normalized spacial score (nSPS) is 16.3. The molecule has 18 heavy (non-hydrogen) atoms. The molecule has 1 unspecified atom stereocenters. The van der Waals surface area contributed by atoms with Gasteiger partial charge in [-0.1, -0.05) is 18.2 Å². The summed E-state index contributed by atoms with van der Waals surface area (Å²) in [5.41, 5.74) is 1.16. The van der Waals surface area contributed by atoms with Crippen molar-refractivity contribution in [2.24, 2.45) is 4.99 Å². The molecule has 1 aliphatic rings. The van der Waals surface area contributed by atoms with Crippen molar-refractivity contribution in [3.05, 3.63) is 29.8 Å². The van der Waals surface area contributed by atoms with Crippen molar-refractivity contribution >= 4 is 5.84 Å². The fraction of sp³-hybridized carbons (Fsp3) is 0.500. The number of hydrogen-bond acceptors (Lipinski definition) is 4. The first-order valence-corrected chi connectivity index (χ1v) is 6.40. The van der Waals surface area contributed by atoms with Gasteiger partial charge in [0.1, 0.15) is 11.6 Å². The highest BCUT2D eigenvalue weighted by Gasteiger charge is 2.25. The number of aliphatic imine (C=N–C) groups is 1. The van der Waals surface area contributed by atoms with Gasteiger partial charge in [-0.05, 0) is 27.1 Å². The van der Waals surface area contributed by atoms with Crippen LogP contribution < -0.4 is 10.1 Å². The lowest BCUT2D eigenvalue weighted by Gasteiger charge is -2.26. The second-order valence-corrected chi connectivity index (χ2v) is 4.53. The van der Waals surface area contributed by atoms with Gasteiger partial charge in [0.25, 0.3) is 0 Å². The third-order valence-corrected chi connectivity index (χ3v) is 2.99. The Kier molecular flexibility index (Phi) is 4.20. The standard InChI is InChI=1S/C14H21N3O/c1-4-18-12-8-6-5-7-11(12)13(17(2)3)14-15-9-10-16-14/h5-8,13H,4,9-10H2,1-3H3,(H,15,16). The summed E-state index contributed by atoms with van der Waals surface area (Å²) in [7, 11) is 4.13. The van der Waals surface area contributed by atoms with Gasteiger partial charge >= 0.3 is 0 Å². The third-order valence-electron chi connectivity index (χ3n) is 2.99. The zero-order chi connectivity index (χ0) is 13.0. The van der Waals surface area contributed by atoms with Crippen LogP contribution in [-0.2, 0) is 0 Å². The van der Waals surface area contributed by atoms with Gasteiger partial charge in [0.15, 0.2) is 0 Å². The molecule has 1 aliphatic heterocycles. The molecule has 98 valence electrons. The molecular weight excluding hydrogens is 226 g/mol. The summed E-state index contributed by atoms with van der Waals surface area (Å²) in [4.78, 5) is 6.70. The molecule has 1 atom stereocenters. The Morgan fingerprint density at radius 1 is 1.39 bits per heavy atom. The number of hydrogen-bond donors (Lipinski definition) is 1. The second-order valence-electron chi connectivity index (χ2n) is 4.53. The van der Waals surface area contributed by atoms with E-state index in [4.69, 9.17) is 4.74 Å². The van der Waals surface area contributed by atoms with E-state index in [1.54, 1.807) is 0 Å². The first-order valence-electron chi connectivity index (χ1n) is 6.40. The van der Waals surface area contributed by atoms with E-state index in [9.17, 15) is 0 Å². The molecule has 0 fully saturated rings. The van der Waals surface area contributed by atoms with Crippen molar-refractivity contribution in [3.8, 4) is 5.75 Å². The van der Waals surface area contributed by atoms with Gasteiger partial charge < -0.3 is 10.1 Å². The summed E-state index contributed by atoms with van der Waals surface area (Å²) < 4.78 is 5.72. The maximum Gasteiger partial charge on any atom is 0.124 e. The van der Waals surface area contributed by atoms with E-state index in [2.05, 4.69) is 35.4 Å². The molecule has 0 spiro atoms. The van der Waals surface area contributed by atoms with Crippen molar-refractivity contribution in [2.75, 3.05) is 33.8 Å². The van der Waals surface area contributed by atoms with E-state index in [1.165, 1.54) is 0 Å². The fourth-order valence-corrected chi connectivity index (χ4v) is 2.26. The summed E-state index contributed by atoms with van der Waals surface area (Å²) in [5, 5.41) is 3.36. The number of nitrogens with zero attached hydrogens (tertiary/aromatic N) is 2. The number of benzene rings is 1. The Morgan fingerprint density at radius 3 is 2.78 bits per heavy atom. The van der Waals surface area contributed by atoms with Gasteiger partial charge in [0, 0.05) is 12.1 Å². The Morgan fingerprint density at radius 2 is 2.17 bits per heavy atom. The second kappa shape index (κ2) is 5.87. The quantitative estimate of drug-likeness (QED) is 0.860. The predicted molar refractivity (Wildman–Crippen MR) is 74.3 cm³/mol. The lowest BCUT2D eigenvalue weighted by Crippen LogP contribution is -2.34. The molecular formula is C14H21N3O. The van der Waals surface area contributed by atoms with Crippen LogP contribution >= 0.6 is 0 Å². The van der Waals surface area contributed by atoms with Crippen molar-refractivity contribution in [3.63, 3.8) is 0 Å². The Labute approximate surface area is 109 Å². The molecule has 0 saturated carbocycles. The lowest BCUT2D eigenvalue weighted by molar-refractivity contribution is 0.315. The first kappa shape index (κ1) is 12.9. The molecule has 0 bridgehead atoms. The first-order chi connectivity index (χ1) is 8.74. The van der Waals surface area contributed by atoms with E-state index in [0.717, 1.165) is 30.2 Å². The predicted octanol–water partition coefficient (Wildman–Crippen LogP) is 1.69. The van der Waals surface area contributed by atoms with Crippen molar-refractivity contribution in [2.45, 2.75) is 13.0 Å². The van der Waals surface area contributed by atoms with Crippen LogP contribution in [0.4, 0.5) is 0 Å². The number of rotatable bonds is 5. The van der Waals surface area contributed by atoms with Gasteiger partial charge in [-0.15, -0.1) is 0 Å². The average molecular weight is 247 g/mol. The molecule has 1 N–H and O–H groups in total. The molecule has 2 rings (SSSR count). The van der Waals surface area contributed by atoms with Gasteiger partial charge in [-0.25, -0.2) is 0 Å². The minimum absolute atomic E-state index is 0.134. The maximum atomic E-state index is 5.72. The average Bonchev–Trinajstić information content (AvgIpc) is 2.85. The van der Waals surface area contributed by atoms with E-state index in [0.29, 0.717) is 6.61 Å². The topological polar surface area (TPSA) is 36.9 Å². The van der Waals surface area contributed by atoms with E-state index in [-0.39, 0.29) is 6.04 Å². The van der Waals surface area contributed by atoms with Gasteiger partial charge in [0.2, 0.25) is 0 Å². The highest BCUT2D eigenvalue weighted by molar-refractivity contribution is 5.90. The molecule has 4 heteroatoms. The summed E-state index contributed by atoms with van der Waals surface area (Å²) in [6.45, 7) is 4.47. The van der Waals surface area contributed by atoms with E-state index in [1.807, 2.05) is 25.1 Å². The molecule has 0 aliphatic carbocycles. The van der Waals surface area contributed by atoms with Crippen LogP contribution in [0.1, 0.15) is 18.5 Å². The third kappa shape index (κ3) is 2.64. The SMILES string of the molecule is CCOc1ccccc1C(C1=NCCN1)N(C)C. The fourth-order valence-electron chi connectivity index (χ4n) is 2.26. The summed E-state index contributed by atoms with van der Waals surface area (Å²) in [6, 6.07) is 8.31. The van der Waals surface area contributed by atoms with Gasteiger partial charge in [-0.2, -0.15) is 0 Å². The Hall–Kier alpha value is -1.55. The van der Waals surface area contributed by atoms with Crippen LogP contribution in [-0.4, -0.2) is 44.5 Å².